The van der Waals surface area contributed by atoms with E-state index < -0.39 is 5.97 Å². The van der Waals surface area contributed by atoms with Gasteiger partial charge in [-0.3, -0.25) is 9.69 Å². The van der Waals surface area contributed by atoms with Crippen LogP contribution < -0.4 is 0 Å². The Morgan fingerprint density at radius 3 is 2.94 bits per heavy atom. The Kier molecular flexibility index (Phi) is 3.69. The topological polar surface area (TPSA) is 40.5 Å². The number of hydrogen-bond acceptors (Lipinski definition) is 2. The third kappa shape index (κ3) is 2.61. The average Bonchev–Trinajstić information content (AvgIpc) is 2.28. The van der Waals surface area contributed by atoms with Gasteiger partial charge in [0.15, 0.2) is 0 Å². The Hall–Kier alpha value is -1.06. The van der Waals surface area contributed by atoms with Gasteiger partial charge in [0, 0.05) is 11.1 Å². The van der Waals surface area contributed by atoms with Crippen molar-refractivity contribution in [1.82, 2.24) is 4.90 Å². The summed E-state index contributed by atoms with van der Waals surface area (Å²) in [6, 6.07) is 7.43. The summed E-state index contributed by atoms with van der Waals surface area (Å²) < 4.78 is 0. The molecule has 1 aliphatic rings. The van der Waals surface area contributed by atoms with E-state index >= 15 is 0 Å². The molecule has 2 atom stereocenters. The SMILES string of the molecule is CN1CCC[C@H](C(=O)O)[C@H]1c1cccc(Cl)c1. The highest BCUT2D eigenvalue weighted by atomic mass is 35.5. The lowest BCUT2D eigenvalue weighted by molar-refractivity contribution is -0.145. The molecule has 1 aromatic carbocycles. The van der Waals surface area contributed by atoms with Crippen LogP contribution in [0, 0.1) is 5.92 Å². The van der Waals surface area contributed by atoms with Gasteiger partial charge in [0.2, 0.25) is 0 Å². The zero-order valence-electron chi connectivity index (χ0n) is 9.77. The highest BCUT2D eigenvalue weighted by Crippen LogP contribution is 2.35. The molecule has 2 rings (SSSR count). The number of likely N-dealkylation sites (tertiary alicyclic amines) is 1. The van der Waals surface area contributed by atoms with E-state index in [-0.39, 0.29) is 12.0 Å². The fourth-order valence-electron chi connectivity index (χ4n) is 2.60. The highest BCUT2D eigenvalue weighted by molar-refractivity contribution is 6.30. The van der Waals surface area contributed by atoms with E-state index in [1.807, 2.05) is 31.3 Å². The minimum absolute atomic E-state index is 0.0695. The minimum Gasteiger partial charge on any atom is -0.481 e. The van der Waals surface area contributed by atoms with Gasteiger partial charge in [0.25, 0.3) is 0 Å². The van der Waals surface area contributed by atoms with Crippen LogP contribution in [0.25, 0.3) is 0 Å². The number of piperidine rings is 1. The maximum Gasteiger partial charge on any atom is 0.308 e. The molecule has 1 aromatic rings. The summed E-state index contributed by atoms with van der Waals surface area (Å²) in [6.45, 7) is 0.932. The molecule has 3 nitrogen and oxygen atoms in total. The molecular weight excluding hydrogens is 238 g/mol. The maximum atomic E-state index is 11.3. The van der Waals surface area contributed by atoms with Crippen molar-refractivity contribution in [2.45, 2.75) is 18.9 Å². The molecule has 1 fully saturated rings. The van der Waals surface area contributed by atoms with Gasteiger partial charge in [0.05, 0.1) is 5.92 Å². The van der Waals surface area contributed by atoms with Crippen LogP contribution in [0.15, 0.2) is 24.3 Å². The zero-order chi connectivity index (χ0) is 12.4. The van der Waals surface area contributed by atoms with Crippen molar-refractivity contribution >= 4 is 17.6 Å². The average molecular weight is 254 g/mol. The molecule has 4 heteroatoms. The van der Waals surface area contributed by atoms with Gasteiger partial charge >= 0.3 is 5.97 Å². The third-order valence-electron chi connectivity index (χ3n) is 3.39. The molecule has 0 saturated carbocycles. The number of halogens is 1. The molecule has 1 saturated heterocycles. The predicted octanol–water partition coefficient (Wildman–Crippen LogP) is 2.81. The van der Waals surface area contributed by atoms with E-state index in [1.54, 1.807) is 0 Å². The first-order valence-electron chi connectivity index (χ1n) is 5.78. The lowest BCUT2D eigenvalue weighted by atomic mass is 9.85. The molecule has 0 bridgehead atoms. The van der Waals surface area contributed by atoms with Crippen molar-refractivity contribution in [2.24, 2.45) is 5.92 Å². The van der Waals surface area contributed by atoms with Crippen LogP contribution in [-0.4, -0.2) is 29.6 Å². The van der Waals surface area contributed by atoms with Gasteiger partial charge < -0.3 is 5.11 Å². The van der Waals surface area contributed by atoms with Crippen molar-refractivity contribution in [3.63, 3.8) is 0 Å². The van der Waals surface area contributed by atoms with E-state index in [0.717, 1.165) is 24.9 Å². The Labute approximate surface area is 106 Å². The van der Waals surface area contributed by atoms with E-state index in [4.69, 9.17) is 11.6 Å². The summed E-state index contributed by atoms with van der Waals surface area (Å²) in [5.74, 6) is -1.06. The standard InChI is InChI=1S/C13H16ClNO2/c1-15-7-3-6-11(13(16)17)12(15)9-4-2-5-10(14)8-9/h2,4-5,8,11-12H,3,6-7H2,1H3,(H,16,17)/t11-,12+/m0/s1. The normalized spacial score (nSPS) is 25.8. The van der Waals surface area contributed by atoms with E-state index in [9.17, 15) is 9.90 Å². The molecule has 0 radical (unpaired) electrons. The van der Waals surface area contributed by atoms with E-state index in [1.165, 1.54) is 0 Å². The van der Waals surface area contributed by atoms with Crippen LogP contribution in [0.2, 0.25) is 5.02 Å². The fourth-order valence-corrected chi connectivity index (χ4v) is 2.80. The lowest BCUT2D eigenvalue weighted by Gasteiger charge is -2.37. The maximum absolute atomic E-state index is 11.3. The van der Waals surface area contributed by atoms with Gasteiger partial charge in [-0.2, -0.15) is 0 Å². The van der Waals surface area contributed by atoms with Gasteiger partial charge in [-0.15, -0.1) is 0 Å². The Morgan fingerprint density at radius 1 is 1.53 bits per heavy atom. The molecule has 1 heterocycles. The smallest absolute Gasteiger partial charge is 0.308 e. The fraction of sp³-hybridized carbons (Fsp3) is 0.462. The number of benzene rings is 1. The second-order valence-electron chi connectivity index (χ2n) is 4.57. The largest absolute Gasteiger partial charge is 0.481 e. The second-order valence-corrected chi connectivity index (χ2v) is 5.00. The van der Waals surface area contributed by atoms with Crippen LogP contribution in [0.3, 0.4) is 0 Å². The highest BCUT2D eigenvalue weighted by Gasteiger charge is 2.35. The molecule has 92 valence electrons. The summed E-state index contributed by atoms with van der Waals surface area (Å²) in [5, 5.41) is 9.96. The predicted molar refractivity (Wildman–Crippen MR) is 67.2 cm³/mol. The van der Waals surface area contributed by atoms with E-state index in [0.29, 0.717) is 5.02 Å². The molecule has 0 aliphatic carbocycles. The van der Waals surface area contributed by atoms with Crippen LogP contribution in [0.5, 0.6) is 0 Å². The summed E-state index contributed by atoms with van der Waals surface area (Å²) in [7, 11) is 1.97. The first-order valence-corrected chi connectivity index (χ1v) is 6.16. The number of hydrogen-bond donors (Lipinski definition) is 1. The number of rotatable bonds is 2. The molecule has 1 N–H and O–H groups in total. The quantitative estimate of drug-likeness (QED) is 0.881. The molecule has 0 spiro atoms. The monoisotopic (exact) mass is 253 g/mol. The number of carboxylic acid groups (broad SMARTS) is 1. The van der Waals surface area contributed by atoms with Crippen molar-refractivity contribution in [2.75, 3.05) is 13.6 Å². The number of carboxylic acids is 1. The van der Waals surface area contributed by atoms with E-state index in [2.05, 4.69) is 4.90 Å². The summed E-state index contributed by atoms with van der Waals surface area (Å²) in [4.78, 5) is 13.4. The lowest BCUT2D eigenvalue weighted by Crippen LogP contribution is -2.39. The van der Waals surface area contributed by atoms with Crippen molar-refractivity contribution in [1.29, 1.82) is 0 Å². The van der Waals surface area contributed by atoms with Crippen LogP contribution in [-0.2, 0) is 4.79 Å². The summed E-state index contributed by atoms with van der Waals surface area (Å²) >= 11 is 5.97. The molecule has 0 aromatic heterocycles. The number of carbonyl (C=O) groups is 1. The van der Waals surface area contributed by atoms with Crippen LogP contribution >= 0.6 is 11.6 Å². The molecule has 0 amide bonds. The summed E-state index contributed by atoms with van der Waals surface area (Å²) in [5.41, 5.74) is 0.993. The van der Waals surface area contributed by atoms with Crippen molar-refractivity contribution in [3.05, 3.63) is 34.9 Å². The van der Waals surface area contributed by atoms with Crippen LogP contribution in [0.4, 0.5) is 0 Å². The summed E-state index contributed by atoms with van der Waals surface area (Å²) in [6.07, 6.45) is 1.67. The van der Waals surface area contributed by atoms with Crippen molar-refractivity contribution in [3.8, 4) is 0 Å². The number of nitrogens with zero attached hydrogens (tertiary/aromatic N) is 1. The molecule has 0 unspecified atom stereocenters. The van der Waals surface area contributed by atoms with Gasteiger partial charge in [-0.05, 0) is 44.1 Å². The number of aliphatic carboxylic acids is 1. The zero-order valence-corrected chi connectivity index (χ0v) is 10.5. The first-order chi connectivity index (χ1) is 8.09. The minimum atomic E-state index is -0.721. The molecule has 17 heavy (non-hydrogen) atoms. The van der Waals surface area contributed by atoms with Gasteiger partial charge in [0.1, 0.15) is 0 Å². The Balaban J connectivity index is 2.34. The third-order valence-corrected chi connectivity index (χ3v) is 3.62. The van der Waals surface area contributed by atoms with Gasteiger partial charge in [-0.1, -0.05) is 23.7 Å². The van der Waals surface area contributed by atoms with Crippen molar-refractivity contribution < 1.29 is 9.90 Å². The van der Waals surface area contributed by atoms with Crippen LogP contribution in [0.1, 0.15) is 24.4 Å². The molecular formula is C13H16ClNO2. The van der Waals surface area contributed by atoms with Gasteiger partial charge in [-0.25, -0.2) is 0 Å². The Morgan fingerprint density at radius 2 is 2.29 bits per heavy atom. The first kappa shape index (κ1) is 12.4. The second kappa shape index (κ2) is 5.07. The molecule has 1 aliphatic heterocycles. The Bertz CT molecular complexity index is 422.